The molecule has 2 N–H and O–H groups in total. The van der Waals surface area contributed by atoms with Crippen LogP contribution in [0.2, 0.25) is 0 Å². The van der Waals surface area contributed by atoms with E-state index < -0.39 is 24.6 Å². The summed E-state index contributed by atoms with van der Waals surface area (Å²) in [7, 11) is 0. The molecule has 0 radical (unpaired) electrons. The standard InChI is InChI=1S/C6H9NO5/c8-2-4-3-12-6(11)7(4)1-5(9)10/h4,8H,1-3H2,(H,9,10)/t4-/m1/s1. The minimum atomic E-state index is -1.12. The Kier molecular flexibility index (Phi) is 2.49. The first-order valence-corrected chi connectivity index (χ1v) is 3.41. The van der Waals surface area contributed by atoms with Crippen LogP contribution in [-0.2, 0) is 9.53 Å². The van der Waals surface area contributed by atoms with Crippen molar-refractivity contribution in [3.05, 3.63) is 0 Å². The number of aliphatic hydroxyl groups excluding tert-OH is 1. The van der Waals surface area contributed by atoms with Crippen LogP contribution < -0.4 is 0 Å². The maximum absolute atomic E-state index is 10.8. The molecule has 12 heavy (non-hydrogen) atoms. The highest BCUT2D eigenvalue weighted by Gasteiger charge is 2.33. The van der Waals surface area contributed by atoms with Gasteiger partial charge in [0, 0.05) is 0 Å². The maximum Gasteiger partial charge on any atom is 0.410 e. The maximum atomic E-state index is 10.8. The molecule has 0 unspecified atom stereocenters. The fourth-order valence-electron chi connectivity index (χ4n) is 0.980. The summed E-state index contributed by atoms with van der Waals surface area (Å²) in [5.74, 6) is -1.12. The number of cyclic esters (lactones) is 1. The van der Waals surface area contributed by atoms with Crippen LogP contribution in [0.3, 0.4) is 0 Å². The predicted molar refractivity (Wildman–Crippen MR) is 36.6 cm³/mol. The highest BCUT2D eigenvalue weighted by Crippen LogP contribution is 2.10. The molecule has 0 bridgehead atoms. The molecule has 1 atom stereocenters. The van der Waals surface area contributed by atoms with Crippen molar-refractivity contribution in [2.45, 2.75) is 6.04 Å². The summed E-state index contributed by atoms with van der Waals surface area (Å²) in [4.78, 5) is 22.0. The summed E-state index contributed by atoms with van der Waals surface area (Å²) in [5.41, 5.74) is 0. The van der Waals surface area contributed by atoms with Gasteiger partial charge in [0.2, 0.25) is 0 Å². The molecule has 6 heteroatoms. The molecule has 1 saturated heterocycles. The van der Waals surface area contributed by atoms with E-state index in [2.05, 4.69) is 4.74 Å². The first-order chi connectivity index (χ1) is 5.65. The number of hydrogen-bond acceptors (Lipinski definition) is 4. The van der Waals surface area contributed by atoms with Crippen LogP contribution in [0.4, 0.5) is 4.79 Å². The summed E-state index contributed by atoms with van der Waals surface area (Å²) >= 11 is 0. The normalized spacial score (nSPS) is 22.6. The van der Waals surface area contributed by atoms with Gasteiger partial charge in [-0.2, -0.15) is 0 Å². The Balaban J connectivity index is 2.57. The molecule has 1 aliphatic heterocycles. The van der Waals surface area contributed by atoms with Crippen LogP contribution in [0.25, 0.3) is 0 Å². The zero-order chi connectivity index (χ0) is 9.14. The van der Waals surface area contributed by atoms with Crippen LogP contribution in [0.5, 0.6) is 0 Å². The minimum absolute atomic E-state index is 0.0581. The Morgan fingerprint density at radius 3 is 2.92 bits per heavy atom. The predicted octanol–water partition coefficient (Wildman–Crippen LogP) is -1.12. The van der Waals surface area contributed by atoms with Gasteiger partial charge in [0.15, 0.2) is 0 Å². The van der Waals surface area contributed by atoms with Crippen molar-refractivity contribution in [2.24, 2.45) is 0 Å². The van der Waals surface area contributed by atoms with Gasteiger partial charge in [0.25, 0.3) is 0 Å². The number of aliphatic hydroxyl groups is 1. The van der Waals surface area contributed by atoms with E-state index >= 15 is 0 Å². The molecule has 1 rings (SSSR count). The molecule has 1 heterocycles. The number of carbonyl (C=O) groups is 2. The number of amides is 1. The number of carboxylic acid groups (broad SMARTS) is 1. The average molecular weight is 175 g/mol. The summed E-state index contributed by atoms with van der Waals surface area (Å²) < 4.78 is 4.53. The van der Waals surface area contributed by atoms with Gasteiger partial charge in [-0.05, 0) is 0 Å². The molecule has 1 aliphatic rings. The van der Waals surface area contributed by atoms with Crippen molar-refractivity contribution in [2.75, 3.05) is 19.8 Å². The average Bonchev–Trinajstić information content (AvgIpc) is 2.32. The van der Waals surface area contributed by atoms with E-state index in [-0.39, 0.29) is 13.2 Å². The first-order valence-electron chi connectivity index (χ1n) is 3.41. The second-order valence-corrected chi connectivity index (χ2v) is 2.43. The van der Waals surface area contributed by atoms with E-state index in [1.807, 2.05) is 0 Å². The van der Waals surface area contributed by atoms with E-state index in [4.69, 9.17) is 10.2 Å². The Hall–Kier alpha value is -1.30. The van der Waals surface area contributed by atoms with Gasteiger partial charge >= 0.3 is 12.1 Å². The van der Waals surface area contributed by atoms with Crippen molar-refractivity contribution >= 4 is 12.1 Å². The number of nitrogens with zero attached hydrogens (tertiary/aromatic N) is 1. The van der Waals surface area contributed by atoms with Crippen molar-refractivity contribution in [1.82, 2.24) is 4.90 Å². The number of ether oxygens (including phenoxy) is 1. The van der Waals surface area contributed by atoms with Crippen molar-refractivity contribution in [3.8, 4) is 0 Å². The lowest BCUT2D eigenvalue weighted by Gasteiger charge is -2.16. The number of carbonyl (C=O) groups excluding carboxylic acids is 1. The molecule has 1 amide bonds. The van der Waals surface area contributed by atoms with Gasteiger partial charge in [-0.15, -0.1) is 0 Å². The summed E-state index contributed by atoms with van der Waals surface area (Å²) in [6, 6.07) is -0.520. The lowest BCUT2D eigenvalue weighted by molar-refractivity contribution is -0.138. The third-order valence-corrected chi connectivity index (χ3v) is 1.59. The van der Waals surface area contributed by atoms with Gasteiger partial charge in [-0.25, -0.2) is 4.79 Å². The molecule has 0 aromatic carbocycles. The summed E-state index contributed by atoms with van der Waals surface area (Å²) in [5, 5.41) is 17.1. The fraction of sp³-hybridized carbons (Fsp3) is 0.667. The third kappa shape index (κ3) is 1.65. The SMILES string of the molecule is O=C(O)CN1C(=O)OC[C@H]1CO. The van der Waals surface area contributed by atoms with Gasteiger partial charge in [0.05, 0.1) is 12.6 Å². The fourth-order valence-corrected chi connectivity index (χ4v) is 0.980. The van der Waals surface area contributed by atoms with Crippen LogP contribution in [0.15, 0.2) is 0 Å². The minimum Gasteiger partial charge on any atom is -0.480 e. The molecular weight excluding hydrogens is 166 g/mol. The first kappa shape index (κ1) is 8.79. The van der Waals surface area contributed by atoms with Gasteiger partial charge in [0.1, 0.15) is 13.2 Å². The Morgan fingerprint density at radius 1 is 1.75 bits per heavy atom. The zero-order valence-corrected chi connectivity index (χ0v) is 6.27. The van der Waals surface area contributed by atoms with E-state index in [0.29, 0.717) is 0 Å². The van der Waals surface area contributed by atoms with Gasteiger partial charge in [-0.3, -0.25) is 9.69 Å². The molecule has 1 fully saturated rings. The van der Waals surface area contributed by atoms with E-state index in [1.54, 1.807) is 0 Å². The van der Waals surface area contributed by atoms with Crippen LogP contribution in [-0.4, -0.2) is 53.0 Å². The van der Waals surface area contributed by atoms with Crippen LogP contribution in [0, 0.1) is 0 Å². The molecule has 0 aromatic heterocycles. The third-order valence-electron chi connectivity index (χ3n) is 1.59. The second kappa shape index (κ2) is 3.40. The molecule has 0 aromatic rings. The lowest BCUT2D eigenvalue weighted by atomic mass is 10.3. The summed E-state index contributed by atoms with van der Waals surface area (Å²) in [6.45, 7) is -0.647. The Bertz CT molecular complexity index is 204. The smallest absolute Gasteiger partial charge is 0.410 e. The Morgan fingerprint density at radius 2 is 2.42 bits per heavy atom. The molecule has 0 aliphatic carbocycles. The molecule has 68 valence electrons. The van der Waals surface area contributed by atoms with E-state index in [1.165, 1.54) is 0 Å². The van der Waals surface area contributed by atoms with E-state index in [0.717, 1.165) is 4.90 Å². The molecule has 0 saturated carbocycles. The van der Waals surface area contributed by atoms with E-state index in [9.17, 15) is 9.59 Å². The number of aliphatic carboxylic acids is 1. The molecular formula is C6H9NO5. The highest BCUT2D eigenvalue weighted by molar-refractivity contribution is 5.78. The molecule has 0 spiro atoms. The quantitative estimate of drug-likeness (QED) is 0.567. The van der Waals surface area contributed by atoms with Gasteiger partial charge in [-0.1, -0.05) is 0 Å². The van der Waals surface area contributed by atoms with Crippen molar-refractivity contribution < 1.29 is 24.5 Å². The number of rotatable bonds is 3. The van der Waals surface area contributed by atoms with Crippen LogP contribution >= 0.6 is 0 Å². The lowest BCUT2D eigenvalue weighted by Crippen LogP contribution is -2.39. The van der Waals surface area contributed by atoms with Crippen molar-refractivity contribution in [3.63, 3.8) is 0 Å². The Labute approximate surface area is 68.3 Å². The number of carboxylic acids is 1. The van der Waals surface area contributed by atoms with Crippen LogP contribution in [0.1, 0.15) is 0 Å². The van der Waals surface area contributed by atoms with Gasteiger partial charge < -0.3 is 14.9 Å². The second-order valence-electron chi connectivity index (χ2n) is 2.43. The molecule has 6 nitrogen and oxygen atoms in total. The zero-order valence-electron chi connectivity index (χ0n) is 6.27. The topological polar surface area (TPSA) is 87.1 Å². The monoisotopic (exact) mass is 175 g/mol. The van der Waals surface area contributed by atoms with Crippen molar-refractivity contribution in [1.29, 1.82) is 0 Å². The highest BCUT2D eigenvalue weighted by atomic mass is 16.6. The summed E-state index contributed by atoms with van der Waals surface area (Å²) in [6.07, 6.45) is -0.684. The largest absolute Gasteiger partial charge is 0.480 e. The number of hydrogen-bond donors (Lipinski definition) is 2.